The quantitative estimate of drug-likeness (QED) is 0.726. The van der Waals surface area contributed by atoms with Crippen LogP contribution in [-0.4, -0.2) is 36.4 Å². The first-order valence-corrected chi connectivity index (χ1v) is 9.18. The van der Waals surface area contributed by atoms with E-state index in [9.17, 15) is 9.59 Å². The molecule has 1 N–H and O–H groups in total. The Kier molecular flexibility index (Phi) is 5.57. The first-order chi connectivity index (χ1) is 12.1. The van der Waals surface area contributed by atoms with Crippen LogP contribution < -0.4 is 10.1 Å². The zero-order valence-electron chi connectivity index (χ0n) is 13.9. The van der Waals surface area contributed by atoms with Crippen LogP contribution in [0.25, 0.3) is 0 Å². The van der Waals surface area contributed by atoms with Crippen LogP contribution in [0.3, 0.4) is 0 Å². The molecule has 1 aliphatic rings. The van der Waals surface area contributed by atoms with Gasteiger partial charge in [0.1, 0.15) is 11.8 Å². The second-order valence-corrected chi connectivity index (χ2v) is 7.02. The SMILES string of the molecule is COc1ccc(NC(=O)C2CCCN2C(=O)c2ccccc2I)cc1. The Morgan fingerprint density at radius 1 is 1.16 bits per heavy atom. The predicted octanol–water partition coefficient (Wildman–Crippen LogP) is 3.54. The number of ether oxygens (including phenoxy) is 1. The molecule has 3 rings (SSSR count). The first kappa shape index (κ1) is 17.7. The van der Waals surface area contributed by atoms with Crippen molar-refractivity contribution in [3.8, 4) is 5.75 Å². The summed E-state index contributed by atoms with van der Waals surface area (Å²) in [6.07, 6.45) is 1.51. The number of methoxy groups -OCH3 is 1. The van der Waals surface area contributed by atoms with Crippen LogP contribution in [0.1, 0.15) is 23.2 Å². The number of likely N-dealkylation sites (tertiary alicyclic amines) is 1. The number of nitrogens with one attached hydrogen (secondary N) is 1. The molecule has 1 unspecified atom stereocenters. The number of halogens is 1. The molecule has 0 bridgehead atoms. The summed E-state index contributed by atoms with van der Waals surface area (Å²) in [6, 6.07) is 14.2. The number of hydrogen-bond donors (Lipinski definition) is 1. The van der Waals surface area contributed by atoms with E-state index < -0.39 is 6.04 Å². The molecule has 0 radical (unpaired) electrons. The van der Waals surface area contributed by atoms with Crippen molar-refractivity contribution in [2.75, 3.05) is 19.0 Å². The van der Waals surface area contributed by atoms with E-state index in [4.69, 9.17) is 4.74 Å². The number of hydrogen-bond acceptors (Lipinski definition) is 3. The van der Waals surface area contributed by atoms with Gasteiger partial charge in [0.15, 0.2) is 0 Å². The monoisotopic (exact) mass is 450 g/mol. The van der Waals surface area contributed by atoms with Gasteiger partial charge in [-0.25, -0.2) is 0 Å². The minimum atomic E-state index is -0.439. The molecule has 130 valence electrons. The highest BCUT2D eigenvalue weighted by Crippen LogP contribution is 2.24. The van der Waals surface area contributed by atoms with E-state index in [0.717, 1.165) is 15.7 Å². The van der Waals surface area contributed by atoms with Crippen molar-refractivity contribution in [1.29, 1.82) is 0 Å². The summed E-state index contributed by atoms with van der Waals surface area (Å²) in [6.45, 7) is 0.602. The molecule has 1 aliphatic heterocycles. The third-order valence-corrected chi connectivity index (χ3v) is 5.22. The number of amides is 2. The molecule has 0 aromatic heterocycles. The number of benzene rings is 2. The number of carbonyl (C=O) groups is 2. The van der Waals surface area contributed by atoms with Crippen LogP contribution in [0.15, 0.2) is 48.5 Å². The average Bonchev–Trinajstić information content (AvgIpc) is 3.12. The largest absolute Gasteiger partial charge is 0.497 e. The van der Waals surface area contributed by atoms with Crippen LogP contribution in [0.4, 0.5) is 5.69 Å². The van der Waals surface area contributed by atoms with Crippen molar-refractivity contribution in [3.05, 3.63) is 57.7 Å². The van der Waals surface area contributed by atoms with E-state index in [1.54, 1.807) is 42.3 Å². The van der Waals surface area contributed by atoms with Gasteiger partial charge >= 0.3 is 0 Å². The fourth-order valence-electron chi connectivity index (χ4n) is 2.97. The Labute approximate surface area is 160 Å². The topological polar surface area (TPSA) is 58.6 Å². The molecule has 1 atom stereocenters. The standard InChI is InChI=1S/C19H19IN2O3/c1-25-14-10-8-13(9-11-14)21-18(23)17-7-4-12-22(17)19(24)15-5-2-3-6-16(15)20/h2-3,5-6,8-11,17H,4,7,12H2,1H3,(H,21,23). The lowest BCUT2D eigenvalue weighted by molar-refractivity contribution is -0.119. The van der Waals surface area contributed by atoms with Crippen LogP contribution >= 0.6 is 22.6 Å². The summed E-state index contributed by atoms with van der Waals surface area (Å²) in [5.41, 5.74) is 1.34. The smallest absolute Gasteiger partial charge is 0.255 e. The highest BCUT2D eigenvalue weighted by Gasteiger charge is 2.35. The summed E-state index contributed by atoms with van der Waals surface area (Å²) >= 11 is 2.15. The second kappa shape index (κ2) is 7.86. The molecule has 25 heavy (non-hydrogen) atoms. The molecular formula is C19H19IN2O3. The predicted molar refractivity (Wildman–Crippen MR) is 105 cm³/mol. The molecule has 6 heteroatoms. The van der Waals surface area contributed by atoms with E-state index in [1.165, 1.54) is 0 Å². The zero-order valence-corrected chi connectivity index (χ0v) is 16.0. The second-order valence-electron chi connectivity index (χ2n) is 5.85. The van der Waals surface area contributed by atoms with Crippen molar-refractivity contribution in [2.24, 2.45) is 0 Å². The normalized spacial score (nSPS) is 16.6. The average molecular weight is 450 g/mol. The maximum atomic E-state index is 12.8. The van der Waals surface area contributed by atoms with Gasteiger partial charge in [0.25, 0.3) is 5.91 Å². The minimum Gasteiger partial charge on any atom is -0.497 e. The van der Waals surface area contributed by atoms with Gasteiger partial charge in [-0.1, -0.05) is 12.1 Å². The summed E-state index contributed by atoms with van der Waals surface area (Å²) in [5, 5.41) is 2.90. The maximum Gasteiger partial charge on any atom is 0.255 e. The van der Waals surface area contributed by atoms with Gasteiger partial charge in [0, 0.05) is 15.8 Å². The van der Waals surface area contributed by atoms with Crippen LogP contribution in [-0.2, 0) is 4.79 Å². The molecule has 0 aliphatic carbocycles. The Morgan fingerprint density at radius 2 is 1.88 bits per heavy atom. The Bertz CT molecular complexity index is 776. The van der Waals surface area contributed by atoms with E-state index >= 15 is 0 Å². The van der Waals surface area contributed by atoms with E-state index in [0.29, 0.717) is 24.2 Å². The van der Waals surface area contributed by atoms with Crippen molar-refractivity contribution in [3.63, 3.8) is 0 Å². The lowest BCUT2D eigenvalue weighted by Crippen LogP contribution is -2.43. The van der Waals surface area contributed by atoms with Crippen molar-refractivity contribution < 1.29 is 14.3 Å². The van der Waals surface area contributed by atoms with Crippen LogP contribution in [0.5, 0.6) is 5.75 Å². The Morgan fingerprint density at radius 3 is 2.56 bits per heavy atom. The van der Waals surface area contributed by atoms with E-state index in [1.807, 2.05) is 18.2 Å². The summed E-state index contributed by atoms with van der Waals surface area (Å²) in [5.74, 6) is 0.494. The fraction of sp³-hybridized carbons (Fsp3) is 0.263. The maximum absolute atomic E-state index is 12.8. The minimum absolute atomic E-state index is 0.0858. The summed E-state index contributed by atoms with van der Waals surface area (Å²) in [4.78, 5) is 27.2. The van der Waals surface area contributed by atoms with E-state index in [2.05, 4.69) is 27.9 Å². The van der Waals surface area contributed by atoms with Gasteiger partial charge in [-0.05, 0) is 71.8 Å². The Balaban J connectivity index is 1.73. The first-order valence-electron chi connectivity index (χ1n) is 8.10. The van der Waals surface area contributed by atoms with E-state index in [-0.39, 0.29) is 11.8 Å². The van der Waals surface area contributed by atoms with Gasteiger partial charge in [-0.3, -0.25) is 9.59 Å². The van der Waals surface area contributed by atoms with Crippen molar-refractivity contribution >= 4 is 40.1 Å². The van der Waals surface area contributed by atoms with Crippen LogP contribution in [0, 0.1) is 3.57 Å². The van der Waals surface area contributed by atoms with Gasteiger partial charge < -0.3 is 15.0 Å². The third-order valence-electron chi connectivity index (χ3n) is 4.28. The summed E-state index contributed by atoms with van der Waals surface area (Å²) < 4.78 is 6.01. The van der Waals surface area contributed by atoms with Gasteiger partial charge in [-0.15, -0.1) is 0 Å². The number of carbonyl (C=O) groups excluding carboxylic acids is 2. The molecule has 0 spiro atoms. The molecular weight excluding hydrogens is 431 g/mol. The third kappa shape index (κ3) is 3.95. The molecule has 1 saturated heterocycles. The fourth-order valence-corrected chi connectivity index (χ4v) is 3.59. The highest BCUT2D eigenvalue weighted by atomic mass is 127. The van der Waals surface area contributed by atoms with Crippen molar-refractivity contribution in [1.82, 2.24) is 4.90 Å². The molecule has 0 saturated carbocycles. The summed E-state index contributed by atoms with van der Waals surface area (Å²) in [7, 11) is 1.60. The van der Waals surface area contributed by atoms with Gasteiger partial charge in [-0.2, -0.15) is 0 Å². The highest BCUT2D eigenvalue weighted by molar-refractivity contribution is 14.1. The molecule has 1 fully saturated rings. The lowest BCUT2D eigenvalue weighted by atomic mass is 10.1. The molecule has 5 nitrogen and oxygen atoms in total. The number of anilines is 1. The number of nitrogens with zero attached hydrogens (tertiary/aromatic N) is 1. The molecule has 2 aromatic carbocycles. The van der Waals surface area contributed by atoms with Crippen molar-refractivity contribution in [2.45, 2.75) is 18.9 Å². The lowest BCUT2D eigenvalue weighted by Gasteiger charge is -2.24. The number of rotatable bonds is 4. The zero-order chi connectivity index (χ0) is 17.8. The molecule has 2 amide bonds. The van der Waals surface area contributed by atoms with Crippen LogP contribution in [0.2, 0.25) is 0 Å². The molecule has 1 heterocycles. The molecule has 2 aromatic rings. The van der Waals surface area contributed by atoms with Gasteiger partial charge in [0.2, 0.25) is 5.91 Å². The Hall–Kier alpha value is -2.09. The van der Waals surface area contributed by atoms with Gasteiger partial charge in [0.05, 0.1) is 12.7 Å².